The third-order valence-corrected chi connectivity index (χ3v) is 2.05. The third-order valence-electron chi connectivity index (χ3n) is 2.05. The topological polar surface area (TPSA) is 46.4 Å². The zero-order valence-corrected chi connectivity index (χ0v) is 10.5. The summed E-state index contributed by atoms with van der Waals surface area (Å²) in [7, 11) is 0. The molecule has 8 heteroatoms. The van der Waals surface area contributed by atoms with Gasteiger partial charge in [0.25, 0.3) is 0 Å². The van der Waals surface area contributed by atoms with Gasteiger partial charge >= 0.3 is 18.1 Å². The summed E-state index contributed by atoms with van der Waals surface area (Å²) < 4.78 is 51.1. The summed E-state index contributed by atoms with van der Waals surface area (Å²) in [6, 6.07) is 1.72. The molecule has 0 spiro atoms. The molecule has 108 valence electrons. The largest absolute Gasteiger partial charge is 0.431 e. The number of nitrogens with zero attached hydrogens (tertiary/aromatic N) is 1. The minimum atomic E-state index is -4.73. The number of benzene rings is 1. The molecule has 1 rings (SSSR count). The minimum absolute atomic E-state index is 0.270. The van der Waals surface area contributed by atoms with E-state index in [9.17, 15) is 27.2 Å². The number of rotatable bonds is 1. The quantitative estimate of drug-likeness (QED) is 0.262. The van der Waals surface area contributed by atoms with Crippen molar-refractivity contribution in [3.05, 3.63) is 35.1 Å². The fourth-order valence-electron chi connectivity index (χ4n) is 1.31. The van der Waals surface area contributed by atoms with Gasteiger partial charge in [0.1, 0.15) is 5.82 Å². The Kier molecular flexibility index (Phi) is 4.59. The van der Waals surface area contributed by atoms with Crippen molar-refractivity contribution in [2.24, 2.45) is 0 Å². The fourth-order valence-corrected chi connectivity index (χ4v) is 1.31. The molecule has 0 aliphatic heterocycles. The predicted octanol–water partition coefficient (Wildman–Crippen LogP) is 2.30. The van der Waals surface area contributed by atoms with E-state index >= 15 is 0 Å². The van der Waals surface area contributed by atoms with Crippen LogP contribution < -0.4 is 0 Å². The van der Waals surface area contributed by atoms with Crippen molar-refractivity contribution in [3.63, 3.8) is 0 Å². The summed E-state index contributed by atoms with van der Waals surface area (Å²) in [4.78, 5) is 26.4. The highest BCUT2D eigenvalue weighted by atomic mass is 19.4. The van der Waals surface area contributed by atoms with Crippen LogP contribution in [0.4, 0.5) is 17.6 Å². The summed E-state index contributed by atoms with van der Waals surface area (Å²) in [5, 5.41) is 0. The Bertz CT molecular complexity index is 579. The first-order valence-corrected chi connectivity index (χ1v) is 5.30. The maximum atomic E-state index is 13.1. The molecule has 0 atom stereocenters. The number of alkyl halides is 3. The van der Waals surface area contributed by atoms with Crippen LogP contribution in [0, 0.1) is 5.82 Å². The van der Waals surface area contributed by atoms with Gasteiger partial charge in [-0.25, -0.2) is 14.0 Å². The first kappa shape index (κ1) is 15.8. The molecule has 1 aromatic carbocycles. The van der Waals surface area contributed by atoms with E-state index in [0.29, 0.717) is 16.9 Å². The van der Waals surface area contributed by atoms with Gasteiger partial charge in [0, 0.05) is 12.5 Å². The molecule has 0 bridgehead atoms. The third kappa shape index (κ3) is 4.45. The highest BCUT2D eigenvalue weighted by Gasteiger charge is 2.31. The van der Waals surface area contributed by atoms with Gasteiger partial charge < -0.3 is 0 Å². The molecule has 0 fully saturated rings. The molecule has 0 saturated carbocycles. The Labute approximate surface area is 111 Å². The Hall–Kier alpha value is -2.25. The summed E-state index contributed by atoms with van der Waals surface area (Å²) in [6.07, 6.45) is -3.94. The zero-order valence-electron chi connectivity index (χ0n) is 10.5. The lowest BCUT2D eigenvalue weighted by atomic mass is 10.1. The van der Waals surface area contributed by atoms with Crippen LogP contribution in [-0.4, -0.2) is 22.8 Å². The van der Waals surface area contributed by atoms with Crippen molar-refractivity contribution in [1.29, 1.82) is 0 Å². The van der Waals surface area contributed by atoms with Crippen molar-refractivity contribution in [2.45, 2.75) is 20.0 Å². The van der Waals surface area contributed by atoms with Crippen LogP contribution in [0.15, 0.2) is 18.2 Å². The summed E-state index contributed by atoms with van der Waals surface area (Å²) in [5.41, 5.74) is -1.48. The molecule has 1 amide bonds. The van der Waals surface area contributed by atoms with Crippen molar-refractivity contribution < 1.29 is 36.7 Å². The van der Waals surface area contributed by atoms with Gasteiger partial charge in [0.15, 0.2) is 0 Å². The maximum absolute atomic E-state index is 13.1. The molecule has 0 saturated heterocycles. The van der Waals surface area contributed by atoms with Gasteiger partial charge in [-0.3, -0.25) is 0 Å². The van der Waals surface area contributed by atoms with E-state index in [1.165, 1.54) is 0 Å². The average molecular weight is 292 g/mol. The molecule has 0 heterocycles. The number of amides is 1. The van der Waals surface area contributed by atoms with E-state index in [-0.39, 0.29) is 5.56 Å². The minimum Gasteiger partial charge on any atom is -0.245 e. The van der Waals surface area contributed by atoms with E-state index in [4.69, 9.17) is 0 Å². The van der Waals surface area contributed by atoms with E-state index in [0.717, 1.165) is 26.1 Å². The van der Waals surface area contributed by atoms with Crippen LogP contribution >= 0.6 is 0 Å². The number of carbonyl (C=O) groups excluding carboxylic acids is 2. The van der Waals surface area contributed by atoms with Gasteiger partial charge in [-0.05, 0) is 18.2 Å². The molecule has 0 aliphatic carbocycles. The van der Waals surface area contributed by atoms with Crippen molar-refractivity contribution in [1.82, 2.24) is 0 Å². The van der Waals surface area contributed by atoms with Crippen LogP contribution in [-0.2, 0) is 20.6 Å². The lowest BCUT2D eigenvalue weighted by Crippen LogP contribution is -2.22. The standard InChI is InChI=1S/C12H10F4NO3/c1-7(18)17(20-8(2)19)6-9-3-10(12(14,15)16)5-11(13)4-9/h3-6H,1-2H3/q+1. The molecular formula is C12H10F4NO3+. The second-order valence-corrected chi connectivity index (χ2v) is 3.83. The highest BCUT2D eigenvalue weighted by Crippen LogP contribution is 2.30. The molecule has 0 aliphatic rings. The number of halogens is 4. The smallest absolute Gasteiger partial charge is 0.245 e. The fraction of sp³-hybridized carbons (Fsp3) is 0.250. The normalized spacial score (nSPS) is 12.2. The second-order valence-electron chi connectivity index (χ2n) is 3.83. The molecule has 0 aromatic heterocycles. The molecule has 1 aromatic rings. The van der Waals surface area contributed by atoms with Crippen LogP contribution in [0.25, 0.3) is 0 Å². The SMILES string of the molecule is CC(=O)O[N+](=Cc1cc(F)cc(C(F)(F)F)c1)C(C)=O. The Balaban J connectivity index is 3.28. The summed E-state index contributed by atoms with van der Waals surface area (Å²) in [5.74, 6) is -2.72. The number of hydrogen-bond donors (Lipinski definition) is 0. The molecule has 0 N–H and O–H groups in total. The number of hydrogen-bond acceptors (Lipinski definition) is 3. The average Bonchev–Trinajstić information content (AvgIpc) is 2.25. The lowest BCUT2D eigenvalue weighted by molar-refractivity contribution is -0.688. The molecule has 0 radical (unpaired) electrons. The Morgan fingerprint density at radius 3 is 2.25 bits per heavy atom. The Morgan fingerprint density at radius 1 is 1.20 bits per heavy atom. The molecule has 4 nitrogen and oxygen atoms in total. The molecule has 0 unspecified atom stereocenters. The number of carbonyl (C=O) groups is 2. The second kappa shape index (κ2) is 5.81. The first-order chi connectivity index (χ1) is 9.09. The zero-order chi connectivity index (χ0) is 15.5. The van der Waals surface area contributed by atoms with Crippen molar-refractivity contribution >= 4 is 18.1 Å². The van der Waals surface area contributed by atoms with Crippen LogP contribution in [0.2, 0.25) is 0 Å². The lowest BCUT2D eigenvalue weighted by Gasteiger charge is -2.06. The van der Waals surface area contributed by atoms with Gasteiger partial charge in [0.05, 0.1) is 17.2 Å². The van der Waals surface area contributed by atoms with E-state index < -0.39 is 29.4 Å². The van der Waals surface area contributed by atoms with Crippen LogP contribution in [0.1, 0.15) is 25.0 Å². The van der Waals surface area contributed by atoms with E-state index in [2.05, 4.69) is 4.84 Å². The summed E-state index contributed by atoms with van der Waals surface area (Å²) in [6.45, 7) is 2.04. The van der Waals surface area contributed by atoms with Crippen LogP contribution in [0.3, 0.4) is 0 Å². The maximum Gasteiger partial charge on any atom is 0.431 e. The van der Waals surface area contributed by atoms with Crippen molar-refractivity contribution in [2.75, 3.05) is 0 Å². The van der Waals surface area contributed by atoms with Crippen molar-refractivity contribution in [3.8, 4) is 0 Å². The molecule has 20 heavy (non-hydrogen) atoms. The molecular weight excluding hydrogens is 282 g/mol. The predicted molar refractivity (Wildman–Crippen MR) is 59.3 cm³/mol. The van der Waals surface area contributed by atoms with Gasteiger partial charge in [-0.15, -0.1) is 0 Å². The van der Waals surface area contributed by atoms with Gasteiger partial charge in [-0.2, -0.15) is 18.0 Å². The highest BCUT2D eigenvalue weighted by molar-refractivity contribution is 5.81. The van der Waals surface area contributed by atoms with Gasteiger partial charge in [-0.1, -0.05) is 0 Å². The monoisotopic (exact) mass is 292 g/mol. The van der Waals surface area contributed by atoms with Gasteiger partial charge in [0.2, 0.25) is 6.21 Å². The first-order valence-electron chi connectivity index (χ1n) is 5.30. The number of hydroxylamine groups is 1. The van der Waals surface area contributed by atoms with E-state index in [1.807, 2.05) is 0 Å². The van der Waals surface area contributed by atoms with E-state index in [1.54, 1.807) is 0 Å². The van der Waals surface area contributed by atoms with Crippen LogP contribution in [0.5, 0.6) is 0 Å². The Morgan fingerprint density at radius 2 is 1.80 bits per heavy atom. The summed E-state index contributed by atoms with van der Waals surface area (Å²) >= 11 is 0.